The monoisotopic (exact) mass is 830 g/mol. The largest absolute Gasteiger partial charge is 0.454 e. The van der Waals surface area contributed by atoms with Gasteiger partial charge in [0.15, 0.2) is 11.2 Å². The Hall–Kier alpha value is -8.60. The van der Waals surface area contributed by atoms with Gasteiger partial charge in [0.25, 0.3) is 0 Å². The van der Waals surface area contributed by atoms with Crippen molar-refractivity contribution in [3.63, 3.8) is 0 Å². The normalized spacial score (nSPS) is 12.1. The van der Waals surface area contributed by atoms with Crippen molar-refractivity contribution in [3.05, 3.63) is 230 Å². The minimum Gasteiger partial charge on any atom is -0.454 e. The van der Waals surface area contributed by atoms with Gasteiger partial charge >= 0.3 is 0 Å². The van der Waals surface area contributed by atoms with Gasteiger partial charge in [-0.3, -0.25) is 0 Å². The van der Waals surface area contributed by atoms with Crippen LogP contribution in [0.25, 0.3) is 121 Å². The van der Waals surface area contributed by atoms with Gasteiger partial charge in [0, 0.05) is 43.1 Å². The number of fused-ring (bicyclic) bond motifs is 12. The highest BCUT2D eigenvalue weighted by Crippen LogP contribution is 2.42. The second kappa shape index (κ2) is 14.0. The number of hydrogen-bond acceptors (Lipinski definition) is 2. The fourth-order valence-electron chi connectivity index (χ4n) is 10.7. The van der Waals surface area contributed by atoms with E-state index in [1.807, 2.05) is 0 Å². The third kappa shape index (κ3) is 5.38. The Morgan fingerprint density at radius 2 is 0.646 bits per heavy atom. The van der Waals surface area contributed by atoms with Crippen molar-refractivity contribution in [2.24, 2.45) is 0 Å². The summed E-state index contributed by atoms with van der Waals surface area (Å²) in [5, 5.41) is 9.36. The average molecular weight is 831 g/mol. The van der Waals surface area contributed by atoms with E-state index in [2.05, 4.69) is 228 Å². The first-order chi connectivity index (χ1) is 32.2. The second-order valence-corrected chi connectivity index (χ2v) is 17.2. The lowest BCUT2D eigenvalue weighted by Gasteiger charge is -2.14. The van der Waals surface area contributed by atoms with Gasteiger partial charge in [0.1, 0.15) is 11.2 Å². The molecule has 0 fully saturated rings. The minimum atomic E-state index is 0.774. The minimum absolute atomic E-state index is 0.774. The molecule has 4 nitrogen and oxygen atoms in total. The quantitative estimate of drug-likeness (QED) is 0.167. The standard InChI is InChI=1S/C61H38N2O2/c1-3-17-42(40-31-33-58-50(36-40)48-23-13-29-56(60(48)64-58)62-52-25-9-5-19-44(52)45-20-6-10-26-53(45)62)38(15-1)35-39-16-2-4-18-43(39)41-32-34-59-51(37-41)49-24-14-30-57(61(49)65-59)63-54-27-11-7-21-46(54)47-22-8-12-28-55(47)63/h1-34,36-37H,35H2. The van der Waals surface area contributed by atoms with Gasteiger partial charge in [-0.2, -0.15) is 0 Å². The summed E-state index contributed by atoms with van der Waals surface area (Å²) < 4.78 is 18.2. The summed E-state index contributed by atoms with van der Waals surface area (Å²) >= 11 is 0. The molecule has 0 amide bonds. The molecule has 0 radical (unpaired) electrons. The van der Waals surface area contributed by atoms with Crippen LogP contribution >= 0.6 is 0 Å². The molecule has 14 aromatic rings. The molecule has 0 N–H and O–H groups in total. The Morgan fingerprint density at radius 1 is 0.292 bits per heavy atom. The highest BCUT2D eigenvalue weighted by atomic mass is 16.3. The molecule has 14 rings (SSSR count). The van der Waals surface area contributed by atoms with Crippen molar-refractivity contribution in [3.8, 4) is 33.6 Å². The molecule has 0 bridgehead atoms. The highest BCUT2D eigenvalue weighted by Gasteiger charge is 2.21. The van der Waals surface area contributed by atoms with Gasteiger partial charge in [-0.25, -0.2) is 0 Å². The Kier molecular flexibility index (Phi) is 7.71. The zero-order valence-electron chi connectivity index (χ0n) is 35.2. The van der Waals surface area contributed by atoms with Crippen LogP contribution in [0.2, 0.25) is 0 Å². The fraction of sp³-hybridized carbons (Fsp3) is 0.0164. The maximum atomic E-state index is 6.77. The number of benzene rings is 10. The molecule has 0 atom stereocenters. The van der Waals surface area contributed by atoms with Crippen molar-refractivity contribution in [2.45, 2.75) is 6.42 Å². The summed E-state index contributed by atoms with van der Waals surface area (Å²) in [7, 11) is 0. The molecular weight excluding hydrogens is 793 g/mol. The van der Waals surface area contributed by atoms with E-state index in [0.29, 0.717) is 0 Å². The number of furan rings is 2. The number of nitrogens with zero attached hydrogens (tertiary/aromatic N) is 2. The first-order valence-corrected chi connectivity index (χ1v) is 22.3. The molecular formula is C61H38N2O2. The van der Waals surface area contributed by atoms with E-state index in [-0.39, 0.29) is 0 Å². The van der Waals surface area contributed by atoms with E-state index < -0.39 is 0 Å². The van der Waals surface area contributed by atoms with Crippen molar-refractivity contribution in [1.82, 2.24) is 9.13 Å². The molecule has 0 aliphatic carbocycles. The van der Waals surface area contributed by atoms with Crippen LogP contribution in [0.1, 0.15) is 11.1 Å². The van der Waals surface area contributed by atoms with Crippen LogP contribution in [0.3, 0.4) is 0 Å². The van der Waals surface area contributed by atoms with Crippen LogP contribution in [0.4, 0.5) is 0 Å². The average Bonchev–Trinajstić information content (AvgIpc) is 4.12. The Bertz CT molecular complexity index is 3850. The molecule has 4 aromatic heterocycles. The zero-order valence-corrected chi connectivity index (χ0v) is 35.2. The first kappa shape index (κ1) is 35.9. The van der Waals surface area contributed by atoms with Crippen molar-refractivity contribution < 1.29 is 8.83 Å². The molecule has 65 heavy (non-hydrogen) atoms. The molecule has 304 valence electrons. The van der Waals surface area contributed by atoms with E-state index in [1.165, 1.54) is 77.0 Å². The molecule has 10 aromatic carbocycles. The molecule has 4 heteroatoms. The second-order valence-electron chi connectivity index (χ2n) is 17.2. The van der Waals surface area contributed by atoms with Crippen molar-refractivity contribution in [1.29, 1.82) is 0 Å². The number of aromatic nitrogens is 2. The molecule has 0 aliphatic rings. The molecule has 0 unspecified atom stereocenters. The topological polar surface area (TPSA) is 36.1 Å². The predicted molar refractivity (Wildman–Crippen MR) is 270 cm³/mol. The Balaban J connectivity index is 0.851. The fourth-order valence-corrected chi connectivity index (χ4v) is 10.7. The van der Waals surface area contributed by atoms with Crippen LogP contribution in [0.5, 0.6) is 0 Å². The maximum absolute atomic E-state index is 6.77. The summed E-state index contributed by atoms with van der Waals surface area (Å²) in [6.45, 7) is 0. The maximum Gasteiger partial charge on any atom is 0.159 e. The molecule has 0 saturated heterocycles. The number of hydrogen-bond donors (Lipinski definition) is 0. The molecule has 0 saturated carbocycles. The summed E-state index contributed by atoms with van der Waals surface area (Å²) in [6.07, 6.45) is 0.774. The number of rotatable bonds is 6. The summed E-state index contributed by atoms with van der Waals surface area (Å²) in [4.78, 5) is 0. The van der Waals surface area contributed by atoms with Crippen LogP contribution < -0.4 is 0 Å². The molecule has 4 heterocycles. The van der Waals surface area contributed by atoms with Gasteiger partial charge in [0.2, 0.25) is 0 Å². The third-order valence-electron chi connectivity index (χ3n) is 13.6. The van der Waals surface area contributed by atoms with E-state index in [9.17, 15) is 0 Å². The third-order valence-corrected chi connectivity index (χ3v) is 13.6. The Labute approximate surface area is 373 Å². The first-order valence-electron chi connectivity index (χ1n) is 22.3. The lowest BCUT2D eigenvalue weighted by atomic mass is 9.90. The number of para-hydroxylation sites is 6. The van der Waals surface area contributed by atoms with E-state index in [0.717, 1.165) is 61.7 Å². The van der Waals surface area contributed by atoms with E-state index >= 15 is 0 Å². The lowest BCUT2D eigenvalue weighted by Crippen LogP contribution is -1.95. The van der Waals surface area contributed by atoms with Crippen LogP contribution in [0, 0.1) is 0 Å². The van der Waals surface area contributed by atoms with Gasteiger partial charge in [-0.1, -0.05) is 158 Å². The van der Waals surface area contributed by atoms with E-state index in [4.69, 9.17) is 8.83 Å². The van der Waals surface area contributed by atoms with Gasteiger partial charge in [-0.05, 0) is 100 Å². The molecule has 0 aliphatic heterocycles. The summed E-state index contributed by atoms with van der Waals surface area (Å²) in [5.74, 6) is 0. The van der Waals surface area contributed by atoms with Crippen molar-refractivity contribution in [2.75, 3.05) is 0 Å². The Morgan fingerprint density at radius 3 is 1.06 bits per heavy atom. The summed E-state index contributed by atoms with van der Waals surface area (Å²) in [5.41, 5.74) is 17.6. The summed E-state index contributed by atoms with van der Waals surface area (Å²) in [6, 6.07) is 78.6. The lowest BCUT2D eigenvalue weighted by molar-refractivity contribution is 0.666. The zero-order chi connectivity index (χ0) is 42.6. The van der Waals surface area contributed by atoms with Gasteiger partial charge in [0.05, 0.1) is 33.4 Å². The van der Waals surface area contributed by atoms with Gasteiger partial charge < -0.3 is 18.0 Å². The molecule has 0 spiro atoms. The van der Waals surface area contributed by atoms with Crippen LogP contribution in [-0.4, -0.2) is 9.13 Å². The SMILES string of the molecule is c1ccc(-c2ccc3oc4c(-n5c6ccccc6c6ccccc65)cccc4c3c2)c(Cc2ccccc2-c2ccc3oc4c(-n5c6ccccc6c6ccccc65)cccc4c3c2)c1. The predicted octanol–water partition coefficient (Wildman–Crippen LogP) is 16.6. The van der Waals surface area contributed by atoms with Crippen molar-refractivity contribution >= 4 is 87.5 Å². The van der Waals surface area contributed by atoms with Gasteiger partial charge in [-0.15, -0.1) is 0 Å². The van der Waals surface area contributed by atoms with Crippen LogP contribution in [-0.2, 0) is 6.42 Å². The highest BCUT2D eigenvalue weighted by molar-refractivity contribution is 6.15. The van der Waals surface area contributed by atoms with E-state index in [1.54, 1.807) is 0 Å². The smallest absolute Gasteiger partial charge is 0.159 e. The van der Waals surface area contributed by atoms with Crippen LogP contribution in [0.15, 0.2) is 227 Å².